The fourth-order valence-electron chi connectivity index (χ4n) is 3.92. The Bertz CT molecular complexity index is 1070. The van der Waals surface area contributed by atoms with Crippen LogP contribution in [0.15, 0.2) is 30.6 Å². The molecule has 0 spiro atoms. The van der Waals surface area contributed by atoms with Gasteiger partial charge in [0.1, 0.15) is 11.5 Å². The number of aliphatic hydroxyl groups excluding tert-OH is 1. The van der Waals surface area contributed by atoms with Gasteiger partial charge in [-0.15, -0.1) is 0 Å². The molecule has 0 amide bonds. The summed E-state index contributed by atoms with van der Waals surface area (Å²) in [4.78, 5) is 20.9. The van der Waals surface area contributed by atoms with E-state index >= 15 is 0 Å². The van der Waals surface area contributed by atoms with Crippen LogP contribution in [-0.2, 0) is 28.4 Å². The molecular weight excluding hydrogens is 402 g/mol. The lowest BCUT2D eigenvalue weighted by molar-refractivity contribution is -0.116. The van der Waals surface area contributed by atoms with E-state index < -0.39 is 5.41 Å². The van der Waals surface area contributed by atoms with Gasteiger partial charge in [-0.1, -0.05) is 0 Å². The normalized spacial score (nSPS) is 18.4. The SMILES string of the molecule is COc1cc(-c2cn(C)c3cnc(CC(C)=O)cc23)nc([C@]2(CO)CCOC2)c1.S. The number of methoxy groups -OCH3 is 1. The minimum Gasteiger partial charge on any atom is -0.497 e. The number of aryl methyl sites for hydroxylation is 1. The average Bonchev–Trinajstić information content (AvgIpc) is 3.33. The van der Waals surface area contributed by atoms with Crippen molar-refractivity contribution < 1.29 is 19.4 Å². The third kappa shape index (κ3) is 3.95. The zero-order valence-corrected chi connectivity index (χ0v) is 18.4. The van der Waals surface area contributed by atoms with Crippen LogP contribution in [0.1, 0.15) is 24.7 Å². The maximum atomic E-state index is 11.5. The van der Waals surface area contributed by atoms with Gasteiger partial charge in [0.05, 0.1) is 48.8 Å². The van der Waals surface area contributed by atoms with E-state index in [0.717, 1.165) is 33.5 Å². The number of hydrogen-bond donors (Lipinski definition) is 1. The zero-order chi connectivity index (χ0) is 20.6. The Kier molecular flexibility index (Phi) is 6.50. The highest BCUT2D eigenvalue weighted by Crippen LogP contribution is 2.37. The molecule has 1 saturated heterocycles. The summed E-state index contributed by atoms with van der Waals surface area (Å²) < 4.78 is 13.1. The summed E-state index contributed by atoms with van der Waals surface area (Å²) in [6.07, 6.45) is 4.81. The van der Waals surface area contributed by atoms with Crippen LogP contribution in [0.25, 0.3) is 22.2 Å². The summed E-state index contributed by atoms with van der Waals surface area (Å²) >= 11 is 0. The van der Waals surface area contributed by atoms with E-state index in [9.17, 15) is 9.90 Å². The number of rotatable bonds is 6. The number of aliphatic hydroxyl groups is 1. The molecule has 4 rings (SSSR count). The second-order valence-corrected chi connectivity index (χ2v) is 7.74. The number of aromatic nitrogens is 3. The highest BCUT2D eigenvalue weighted by Gasteiger charge is 2.38. The average molecular weight is 430 g/mol. The summed E-state index contributed by atoms with van der Waals surface area (Å²) in [6.45, 7) is 2.56. The molecule has 1 fully saturated rings. The van der Waals surface area contributed by atoms with Crippen molar-refractivity contribution in [1.29, 1.82) is 0 Å². The monoisotopic (exact) mass is 429 g/mol. The highest BCUT2D eigenvalue weighted by molar-refractivity contribution is 7.59. The Morgan fingerprint density at radius 2 is 2.17 bits per heavy atom. The first-order valence-electron chi connectivity index (χ1n) is 9.65. The van der Waals surface area contributed by atoms with Gasteiger partial charge in [0, 0.05) is 55.0 Å². The molecule has 4 heterocycles. The maximum Gasteiger partial charge on any atom is 0.135 e. The Morgan fingerprint density at radius 1 is 1.37 bits per heavy atom. The van der Waals surface area contributed by atoms with E-state index in [1.54, 1.807) is 20.2 Å². The van der Waals surface area contributed by atoms with Crippen LogP contribution in [0, 0.1) is 0 Å². The van der Waals surface area contributed by atoms with Crippen molar-refractivity contribution in [3.05, 3.63) is 42.0 Å². The van der Waals surface area contributed by atoms with Gasteiger partial charge in [-0.2, -0.15) is 13.5 Å². The largest absolute Gasteiger partial charge is 0.497 e. The van der Waals surface area contributed by atoms with E-state index in [4.69, 9.17) is 14.5 Å². The number of ether oxygens (including phenoxy) is 2. The minimum absolute atomic E-state index is 0. The molecule has 1 aliphatic heterocycles. The van der Waals surface area contributed by atoms with Crippen molar-refractivity contribution in [2.24, 2.45) is 7.05 Å². The number of carbonyl (C=O) groups is 1. The summed E-state index contributed by atoms with van der Waals surface area (Å²) in [5.41, 5.74) is 3.62. The van der Waals surface area contributed by atoms with Crippen LogP contribution in [-0.4, -0.2) is 52.4 Å². The molecule has 3 aromatic heterocycles. The van der Waals surface area contributed by atoms with Crippen molar-refractivity contribution in [3.8, 4) is 17.0 Å². The topological polar surface area (TPSA) is 86.5 Å². The van der Waals surface area contributed by atoms with Crippen LogP contribution in [0.2, 0.25) is 0 Å². The van der Waals surface area contributed by atoms with Crippen molar-refractivity contribution in [3.63, 3.8) is 0 Å². The van der Waals surface area contributed by atoms with E-state index in [2.05, 4.69) is 4.98 Å². The van der Waals surface area contributed by atoms with Gasteiger partial charge in [-0.3, -0.25) is 14.8 Å². The molecule has 8 heteroatoms. The lowest BCUT2D eigenvalue weighted by Crippen LogP contribution is -2.32. The molecule has 0 radical (unpaired) electrons. The Labute approximate surface area is 182 Å². The van der Waals surface area contributed by atoms with Gasteiger partial charge in [-0.25, -0.2) is 0 Å². The van der Waals surface area contributed by atoms with E-state index in [0.29, 0.717) is 31.8 Å². The van der Waals surface area contributed by atoms with Crippen LogP contribution in [0.3, 0.4) is 0 Å². The molecule has 1 N–H and O–H groups in total. The van der Waals surface area contributed by atoms with Crippen molar-refractivity contribution in [1.82, 2.24) is 14.5 Å². The number of ketones is 1. The number of fused-ring (bicyclic) bond motifs is 1. The molecule has 160 valence electrons. The number of hydrogen-bond acceptors (Lipinski definition) is 6. The van der Waals surface area contributed by atoms with Gasteiger partial charge in [0.25, 0.3) is 0 Å². The third-order valence-corrected chi connectivity index (χ3v) is 5.62. The first-order valence-corrected chi connectivity index (χ1v) is 9.65. The number of carbonyl (C=O) groups excluding carboxylic acids is 1. The number of nitrogens with zero attached hydrogens (tertiary/aromatic N) is 3. The molecule has 30 heavy (non-hydrogen) atoms. The van der Waals surface area contributed by atoms with E-state index in [1.807, 2.05) is 36.0 Å². The summed E-state index contributed by atoms with van der Waals surface area (Å²) in [6, 6.07) is 5.72. The molecular formula is C22H27N3O4S. The van der Waals surface area contributed by atoms with E-state index in [1.165, 1.54) is 0 Å². The smallest absolute Gasteiger partial charge is 0.135 e. The van der Waals surface area contributed by atoms with Gasteiger partial charge in [0.15, 0.2) is 0 Å². The van der Waals surface area contributed by atoms with E-state index in [-0.39, 0.29) is 25.9 Å². The lowest BCUT2D eigenvalue weighted by Gasteiger charge is -2.25. The molecule has 0 unspecified atom stereocenters. The molecule has 0 aliphatic carbocycles. The Morgan fingerprint density at radius 3 is 2.80 bits per heavy atom. The van der Waals surface area contributed by atoms with Crippen LogP contribution in [0.5, 0.6) is 5.75 Å². The van der Waals surface area contributed by atoms with Gasteiger partial charge >= 0.3 is 0 Å². The molecule has 1 aliphatic rings. The fourth-order valence-corrected chi connectivity index (χ4v) is 3.92. The summed E-state index contributed by atoms with van der Waals surface area (Å²) in [7, 11) is 3.58. The lowest BCUT2D eigenvalue weighted by atomic mass is 9.84. The summed E-state index contributed by atoms with van der Waals surface area (Å²) in [5, 5.41) is 11.1. The van der Waals surface area contributed by atoms with Crippen LogP contribution in [0.4, 0.5) is 0 Å². The molecule has 0 bridgehead atoms. The number of Topliss-reactive ketones (excluding diaryl/α,β-unsaturated/α-hetero) is 1. The fraction of sp³-hybridized carbons (Fsp3) is 0.409. The van der Waals surface area contributed by atoms with Crippen molar-refractivity contribution in [2.45, 2.75) is 25.2 Å². The quantitative estimate of drug-likeness (QED) is 0.648. The Balaban J connectivity index is 0.00000256. The molecule has 3 aromatic rings. The number of pyridine rings is 2. The first-order chi connectivity index (χ1) is 14.0. The van der Waals surface area contributed by atoms with Crippen LogP contribution < -0.4 is 4.74 Å². The van der Waals surface area contributed by atoms with Crippen molar-refractivity contribution >= 4 is 30.2 Å². The minimum atomic E-state index is -0.519. The third-order valence-electron chi connectivity index (χ3n) is 5.62. The predicted molar refractivity (Wildman–Crippen MR) is 119 cm³/mol. The predicted octanol–water partition coefficient (Wildman–Crippen LogP) is 2.54. The van der Waals surface area contributed by atoms with Gasteiger partial charge in [-0.05, 0) is 19.4 Å². The van der Waals surface area contributed by atoms with Gasteiger partial charge < -0.3 is 19.1 Å². The molecule has 0 saturated carbocycles. The molecule has 0 aromatic carbocycles. The van der Waals surface area contributed by atoms with Crippen LogP contribution >= 0.6 is 13.5 Å². The Hall–Kier alpha value is -2.42. The first kappa shape index (κ1) is 22.3. The highest BCUT2D eigenvalue weighted by atomic mass is 32.1. The maximum absolute atomic E-state index is 11.5. The zero-order valence-electron chi connectivity index (χ0n) is 17.4. The molecule has 1 atom stereocenters. The van der Waals surface area contributed by atoms with Gasteiger partial charge in [0.2, 0.25) is 0 Å². The standard InChI is InChI=1S/C22H25N3O4.H2S/c1-14(27)6-15-7-17-18(11-25(2)20(17)10-23-15)19-8-16(28-3)9-21(24-19)22(12-26)4-5-29-13-22;/h7-11,26H,4-6,12-13H2,1-3H3;1H2/t22-;/m0./s1. The second kappa shape index (κ2) is 8.75. The summed E-state index contributed by atoms with van der Waals surface area (Å²) in [5.74, 6) is 0.752. The van der Waals surface area contributed by atoms with Crippen molar-refractivity contribution in [2.75, 3.05) is 26.9 Å². The molecule has 7 nitrogen and oxygen atoms in total. The second-order valence-electron chi connectivity index (χ2n) is 7.74.